The number of halogens is 2. The van der Waals surface area contributed by atoms with E-state index in [-0.39, 0.29) is 13.2 Å². The van der Waals surface area contributed by atoms with E-state index < -0.39 is 30.7 Å². The molecule has 0 fully saturated rings. The highest BCUT2D eigenvalue weighted by Gasteiger charge is 2.36. The van der Waals surface area contributed by atoms with Crippen LogP contribution in [0.25, 0.3) is 0 Å². The zero-order valence-corrected chi connectivity index (χ0v) is 8.72. The van der Waals surface area contributed by atoms with Crippen LogP contribution in [0.3, 0.4) is 0 Å². The summed E-state index contributed by atoms with van der Waals surface area (Å²) < 4.78 is 34.6. The van der Waals surface area contributed by atoms with Gasteiger partial charge < -0.3 is 9.47 Å². The van der Waals surface area contributed by atoms with Crippen LogP contribution in [-0.4, -0.2) is 31.1 Å². The summed E-state index contributed by atoms with van der Waals surface area (Å²) in [6.07, 6.45) is -2.20. The second-order valence-corrected chi connectivity index (χ2v) is 2.82. The van der Waals surface area contributed by atoms with Gasteiger partial charge in [-0.15, -0.1) is 0 Å². The molecule has 0 radical (unpaired) electrons. The second kappa shape index (κ2) is 6.31. The summed E-state index contributed by atoms with van der Waals surface area (Å²) >= 11 is 0. The Hall–Kier alpha value is -1.20. The van der Waals surface area contributed by atoms with E-state index in [1.165, 1.54) is 13.8 Å². The minimum absolute atomic E-state index is 0.0360. The van der Waals surface area contributed by atoms with Crippen molar-refractivity contribution in [3.05, 3.63) is 0 Å². The van der Waals surface area contributed by atoms with E-state index >= 15 is 0 Å². The molecular weight excluding hydrogens is 210 g/mol. The first-order chi connectivity index (χ1) is 6.91. The fourth-order valence-electron chi connectivity index (χ4n) is 0.909. The minimum atomic E-state index is -3.40. The maximum absolute atomic E-state index is 13.0. The van der Waals surface area contributed by atoms with Gasteiger partial charge in [-0.2, -0.15) is 0 Å². The molecule has 0 N–H and O–H groups in total. The van der Waals surface area contributed by atoms with Gasteiger partial charge in [-0.3, -0.25) is 9.59 Å². The van der Waals surface area contributed by atoms with Crippen molar-refractivity contribution in [2.45, 2.75) is 32.6 Å². The zero-order valence-electron chi connectivity index (χ0n) is 8.72. The second-order valence-electron chi connectivity index (χ2n) is 2.82. The number of carbonyl (C=O) groups excluding carboxylic acids is 2. The quantitative estimate of drug-likeness (QED) is 0.642. The summed E-state index contributed by atoms with van der Waals surface area (Å²) in [6, 6.07) is 0. The molecule has 0 aromatic rings. The first kappa shape index (κ1) is 13.8. The summed E-state index contributed by atoms with van der Waals surface area (Å²) in [6.45, 7) is 3.10. The molecule has 0 aliphatic carbocycles. The average molecular weight is 224 g/mol. The first-order valence-corrected chi connectivity index (χ1v) is 4.60. The van der Waals surface area contributed by atoms with Crippen LogP contribution in [0.5, 0.6) is 0 Å². The van der Waals surface area contributed by atoms with Crippen molar-refractivity contribution in [1.29, 1.82) is 0 Å². The number of alkyl halides is 2. The monoisotopic (exact) mass is 224 g/mol. The van der Waals surface area contributed by atoms with Gasteiger partial charge in [0.1, 0.15) is 12.8 Å². The van der Waals surface area contributed by atoms with Gasteiger partial charge in [0.05, 0.1) is 13.2 Å². The van der Waals surface area contributed by atoms with Crippen LogP contribution in [0.15, 0.2) is 0 Å². The zero-order chi connectivity index (χ0) is 11.9. The van der Waals surface area contributed by atoms with E-state index in [0.717, 1.165) is 0 Å². The molecule has 0 amide bonds. The Balaban J connectivity index is 4.05. The van der Waals surface area contributed by atoms with E-state index in [1.807, 2.05) is 0 Å². The molecule has 0 saturated heterocycles. The largest absolute Gasteiger partial charge is 0.466 e. The van der Waals surface area contributed by atoms with Gasteiger partial charge in [0.25, 0.3) is 5.92 Å². The van der Waals surface area contributed by atoms with Crippen molar-refractivity contribution in [3.63, 3.8) is 0 Å². The lowest BCUT2D eigenvalue weighted by molar-refractivity contribution is -0.158. The van der Waals surface area contributed by atoms with E-state index in [1.54, 1.807) is 0 Å². The molecule has 0 aliphatic heterocycles. The lowest BCUT2D eigenvalue weighted by atomic mass is 10.2. The van der Waals surface area contributed by atoms with Crippen molar-refractivity contribution in [2.24, 2.45) is 0 Å². The molecule has 88 valence electrons. The van der Waals surface area contributed by atoms with Gasteiger partial charge in [0.15, 0.2) is 0 Å². The highest BCUT2D eigenvalue weighted by molar-refractivity contribution is 5.74. The van der Waals surface area contributed by atoms with Gasteiger partial charge >= 0.3 is 11.9 Å². The van der Waals surface area contributed by atoms with Crippen molar-refractivity contribution in [1.82, 2.24) is 0 Å². The number of ether oxygens (including phenoxy) is 2. The highest BCUT2D eigenvalue weighted by Crippen LogP contribution is 2.23. The average Bonchev–Trinajstić information content (AvgIpc) is 2.01. The first-order valence-electron chi connectivity index (χ1n) is 4.60. The lowest BCUT2D eigenvalue weighted by Crippen LogP contribution is -2.26. The van der Waals surface area contributed by atoms with Crippen LogP contribution in [0.1, 0.15) is 26.7 Å². The van der Waals surface area contributed by atoms with Crippen molar-refractivity contribution in [3.8, 4) is 0 Å². The number of rotatable bonds is 6. The SMILES string of the molecule is CCOC(=O)CC(F)(F)CC(=O)OCC. The molecule has 0 aliphatic rings. The predicted octanol–water partition coefficient (Wildman–Crippen LogP) is 1.53. The Morgan fingerprint density at radius 2 is 1.33 bits per heavy atom. The predicted molar refractivity (Wildman–Crippen MR) is 47.4 cm³/mol. The molecule has 0 unspecified atom stereocenters. The Morgan fingerprint density at radius 3 is 1.60 bits per heavy atom. The van der Waals surface area contributed by atoms with E-state index in [4.69, 9.17) is 0 Å². The summed E-state index contributed by atoms with van der Waals surface area (Å²) in [5, 5.41) is 0. The molecule has 0 aromatic carbocycles. The van der Waals surface area contributed by atoms with E-state index in [2.05, 4.69) is 9.47 Å². The van der Waals surface area contributed by atoms with Gasteiger partial charge in [-0.05, 0) is 13.8 Å². The fraction of sp³-hybridized carbons (Fsp3) is 0.778. The van der Waals surface area contributed by atoms with Gasteiger partial charge in [-0.25, -0.2) is 8.78 Å². The molecular formula is C9H14F2O4. The molecule has 4 nitrogen and oxygen atoms in total. The highest BCUT2D eigenvalue weighted by atomic mass is 19.3. The molecule has 6 heteroatoms. The third-order valence-electron chi connectivity index (χ3n) is 1.42. The Bertz CT molecular complexity index is 206. The smallest absolute Gasteiger partial charge is 0.311 e. The van der Waals surface area contributed by atoms with Crippen LogP contribution >= 0.6 is 0 Å². The lowest BCUT2D eigenvalue weighted by Gasteiger charge is -2.13. The number of carbonyl (C=O) groups is 2. The third kappa shape index (κ3) is 6.82. The number of hydrogen-bond acceptors (Lipinski definition) is 4. The van der Waals surface area contributed by atoms with Crippen molar-refractivity contribution < 1.29 is 27.8 Å². The summed E-state index contributed by atoms with van der Waals surface area (Å²) in [5.74, 6) is -5.45. The normalized spacial score (nSPS) is 10.9. The fourth-order valence-corrected chi connectivity index (χ4v) is 0.909. The van der Waals surface area contributed by atoms with Gasteiger partial charge in [0.2, 0.25) is 0 Å². The molecule has 0 atom stereocenters. The Labute approximate surface area is 86.5 Å². The number of hydrogen-bond donors (Lipinski definition) is 0. The van der Waals surface area contributed by atoms with Gasteiger partial charge in [-0.1, -0.05) is 0 Å². The molecule has 0 aromatic heterocycles. The molecule has 0 spiro atoms. The van der Waals surface area contributed by atoms with E-state index in [9.17, 15) is 18.4 Å². The Kier molecular flexibility index (Phi) is 5.81. The molecule has 0 rings (SSSR count). The number of esters is 2. The minimum Gasteiger partial charge on any atom is -0.466 e. The van der Waals surface area contributed by atoms with E-state index in [0.29, 0.717) is 0 Å². The summed E-state index contributed by atoms with van der Waals surface area (Å²) in [7, 11) is 0. The topological polar surface area (TPSA) is 52.6 Å². The van der Waals surface area contributed by atoms with Crippen molar-refractivity contribution in [2.75, 3.05) is 13.2 Å². The van der Waals surface area contributed by atoms with Crippen LogP contribution in [0, 0.1) is 0 Å². The molecule has 15 heavy (non-hydrogen) atoms. The third-order valence-corrected chi connectivity index (χ3v) is 1.42. The maximum atomic E-state index is 13.0. The van der Waals surface area contributed by atoms with Crippen LogP contribution in [0.4, 0.5) is 8.78 Å². The van der Waals surface area contributed by atoms with Gasteiger partial charge in [0, 0.05) is 0 Å². The van der Waals surface area contributed by atoms with Crippen LogP contribution in [0.2, 0.25) is 0 Å². The molecule has 0 heterocycles. The Morgan fingerprint density at radius 1 is 1.00 bits per heavy atom. The maximum Gasteiger partial charge on any atom is 0.311 e. The molecule has 0 bridgehead atoms. The van der Waals surface area contributed by atoms with Crippen LogP contribution in [-0.2, 0) is 19.1 Å². The summed E-state index contributed by atoms with van der Waals surface area (Å²) in [4.78, 5) is 21.5. The van der Waals surface area contributed by atoms with Crippen LogP contribution < -0.4 is 0 Å². The summed E-state index contributed by atoms with van der Waals surface area (Å²) in [5.41, 5.74) is 0. The standard InChI is InChI=1S/C9H14F2O4/c1-3-14-7(12)5-9(10,11)6-8(13)15-4-2/h3-6H2,1-2H3. The van der Waals surface area contributed by atoms with Crippen molar-refractivity contribution >= 4 is 11.9 Å². The molecule has 0 saturated carbocycles.